The molecule has 0 fully saturated rings. The number of rotatable bonds is 4. The Labute approximate surface area is 89.5 Å². The van der Waals surface area contributed by atoms with Crippen LogP contribution in [0.5, 0.6) is 0 Å². The average Bonchev–Trinajstić information content (AvgIpc) is 2.26. The van der Waals surface area contributed by atoms with E-state index in [-0.39, 0.29) is 5.97 Å². The van der Waals surface area contributed by atoms with E-state index < -0.39 is 0 Å². The van der Waals surface area contributed by atoms with Gasteiger partial charge in [-0.15, -0.1) is 0 Å². The molecule has 1 aromatic heterocycles. The molecule has 0 atom stereocenters. The van der Waals surface area contributed by atoms with Crippen LogP contribution in [0.3, 0.4) is 0 Å². The van der Waals surface area contributed by atoms with Gasteiger partial charge in [0.2, 0.25) is 0 Å². The van der Waals surface area contributed by atoms with Crippen molar-refractivity contribution < 1.29 is 9.53 Å². The fraction of sp³-hybridized carbons (Fsp3) is 0.455. The quantitative estimate of drug-likeness (QED) is 0.758. The first-order valence-corrected chi connectivity index (χ1v) is 4.95. The van der Waals surface area contributed by atoms with Gasteiger partial charge in [-0.25, -0.2) is 4.79 Å². The van der Waals surface area contributed by atoms with Gasteiger partial charge in [0, 0.05) is 12.7 Å². The van der Waals surface area contributed by atoms with Crippen LogP contribution in [0.2, 0.25) is 0 Å². The molecule has 1 rings (SSSR count). The van der Waals surface area contributed by atoms with Crippen LogP contribution in [0.15, 0.2) is 18.3 Å². The van der Waals surface area contributed by atoms with E-state index in [1.807, 2.05) is 13.8 Å². The molecule has 2 N–H and O–H groups in total. The number of carbonyl (C=O) groups is 1. The summed E-state index contributed by atoms with van der Waals surface area (Å²) >= 11 is 0. The summed E-state index contributed by atoms with van der Waals surface area (Å²) < 4.78 is 5.08. The highest BCUT2D eigenvalue weighted by molar-refractivity contribution is 5.89. The lowest BCUT2D eigenvalue weighted by molar-refractivity contribution is 0.0458. The second-order valence-corrected chi connectivity index (χ2v) is 3.73. The van der Waals surface area contributed by atoms with E-state index in [1.165, 1.54) is 0 Å². The van der Waals surface area contributed by atoms with Crippen LogP contribution >= 0.6 is 0 Å². The lowest BCUT2D eigenvalue weighted by Crippen LogP contribution is -2.11. The van der Waals surface area contributed by atoms with Crippen molar-refractivity contribution >= 4 is 5.97 Å². The number of nitrogens with zero attached hydrogens (tertiary/aromatic N) is 1. The molecule has 1 heterocycles. The van der Waals surface area contributed by atoms with Crippen molar-refractivity contribution in [2.45, 2.75) is 20.4 Å². The number of esters is 1. The average molecular weight is 208 g/mol. The molecule has 0 amide bonds. The molecule has 82 valence electrons. The van der Waals surface area contributed by atoms with Gasteiger partial charge in [-0.3, -0.25) is 4.98 Å². The first-order chi connectivity index (χ1) is 7.13. The zero-order valence-corrected chi connectivity index (χ0v) is 9.06. The number of pyridine rings is 1. The first-order valence-electron chi connectivity index (χ1n) is 4.95. The number of aromatic nitrogens is 1. The first kappa shape index (κ1) is 11.7. The molecular formula is C11H16N2O2. The highest BCUT2D eigenvalue weighted by Crippen LogP contribution is 2.04. The standard InChI is InChI=1S/C11H16N2O2/c1-8(2)7-15-11(14)9-3-4-13-10(5-9)6-12/h3-5,8H,6-7,12H2,1-2H3. The number of hydrogen-bond donors (Lipinski definition) is 1. The Morgan fingerprint density at radius 2 is 2.33 bits per heavy atom. The monoisotopic (exact) mass is 208 g/mol. The van der Waals surface area contributed by atoms with Crippen molar-refractivity contribution in [1.82, 2.24) is 4.98 Å². The number of ether oxygens (including phenoxy) is 1. The molecule has 4 nitrogen and oxygen atoms in total. The Bertz CT molecular complexity index is 337. The van der Waals surface area contributed by atoms with Gasteiger partial charge < -0.3 is 10.5 Å². The second kappa shape index (κ2) is 5.46. The van der Waals surface area contributed by atoms with Gasteiger partial charge in [0.25, 0.3) is 0 Å². The molecule has 0 bridgehead atoms. The van der Waals surface area contributed by atoms with Crippen LogP contribution in [0.1, 0.15) is 29.9 Å². The Kier molecular flexibility index (Phi) is 4.24. The summed E-state index contributed by atoms with van der Waals surface area (Å²) in [6.07, 6.45) is 1.56. The third-order valence-corrected chi connectivity index (χ3v) is 1.81. The molecule has 0 radical (unpaired) electrons. The minimum atomic E-state index is -0.319. The molecule has 0 saturated heterocycles. The van der Waals surface area contributed by atoms with Crippen LogP contribution in [-0.2, 0) is 11.3 Å². The highest BCUT2D eigenvalue weighted by atomic mass is 16.5. The molecule has 0 aliphatic heterocycles. The van der Waals surface area contributed by atoms with E-state index in [9.17, 15) is 4.79 Å². The molecule has 4 heteroatoms. The Morgan fingerprint density at radius 3 is 2.93 bits per heavy atom. The maximum atomic E-state index is 11.5. The van der Waals surface area contributed by atoms with Gasteiger partial charge in [0.15, 0.2) is 0 Å². The summed E-state index contributed by atoms with van der Waals surface area (Å²) in [7, 11) is 0. The molecule has 0 aromatic carbocycles. The number of hydrogen-bond acceptors (Lipinski definition) is 4. The van der Waals surface area contributed by atoms with Crippen molar-refractivity contribution in [3.8, 4) is 0 Å². The van der Waals surface area contributed by atoms with Crippen LogP contribution in [0, 0.1) is 5.92 Å². The largest absolute Gasteiger partial charge is 0.462 e. The van der Waals surface area contributed by atoms with Gasteiger partial charge >= 0.3 is 5.97 Å². The van der Waals surface area contributed by atoms with Crippen molar-refractivity contribution in [2.24, 2.45) is 11.7 Å². The third-order valence-electron chi connectivity index (χ3n) is 1.81. The van der Waals surface area contributed by atoms with Crippen molar-refractivity contribution in [2.75, 3.05) is 6.61 Å². The maximum Gasteiger partial charge on any atom is 0.338 e. The summed E-state index contributed by atoms with van der Waals surface area (Å²) in [4.78, 5) is 15.5. The minimum absolute atomic E-state index is 0.319. The molecule has 0 spiro atoms. The van der Waals surface area contributed by atoms with Gasteiger partial charge in [0.1, 0.15) is 0 Å². The zero-order chi connectivity index (χ0) is 11.3. The molecule has 15 heavy (non-hydrogen) atoms. The molecule has 0 aliphatic rings. The molecule has 0 aliphatic carbocycles. The van der Waals surface area contributed by atoms with E-state index in [0.29, 0.717) is 30.3 Å². The Hall–Kier alpha value is -1.42. The van der Waals surface area contributed by atoms with Crippen molar-refractivity contribution in [3.63, 3.8) is 0 Å². The predicted octanol–water partition coefficient (Wildman–Crippen LogP) is 1.35. The Balaban J connectivity index is 2.65. The predicted molar refractivity (Wildman–Crippen MR) is 57.2 cm³/mol. The van der Waals surface area contributed by atoms with Crippen LogP contribution < -0.4 is 5.73 Å². The summed E-state index contributed by atoms with van der Waals surface area (Å²) in [6.45, 7) is 4.74. The molecule has 1 aromatic rings. The summed E-state index contributed by atoms with van der Waals surface area (Å²) in [5, 5.41) is 0. The van der Waals surface area contributed by atoms with Gasteiger partial charge in [-0.1, -0.05) is 13.8 Å². The van der Waals surface area contributed by atoms with E-state index in [1.54, 1.807) is 18.3 Å². The molecular weight excluding hydrogens is 192 g/mol. The summed E-state index contributed by atoms with van der Waals surface area (Å²) in [6, 6.07) is 3.28. The smallest absolute Gasteiger partial charge is 0.338 e. The van der Waals surface area contributed by atoms with Crippen LogP contribution in [0.25, 0.3) is 0 Å². The lowest BCUT2D eigenvalue weighted by atomic mass is 10.2. The Morgan fingerprint density at radius 1 is 1.60 bits per heavy atom. The number of carbonyl (C=O) groups excluding carboxylic acids is 1. The maximum absolute atomic E-state index is 11.5. The normalized spacial score (nSPS) is 10.4. The SMILES string of the molecule is CC(C)COC(=O)c1ccnc(CN)c1. The van der Waals surface area contributed by atoms with E-state index in [2.05, 4.69) is 4.98 Å². The minimum Gasteiger partial charge on any atom is -0.462 e. The molecule has 0 unspecified atom stereocenters. The fourth-order valence-electron chi connectivity index (χ4n) is 1.04. The lowest BCUT2D eigenvalue weighted by Gasteiger charge is -2.07. The highest BCUT2D eigenvalue weighted by Gasteiger charge is 2.08. The van der Waals surface area contributed by atoms with Gasteiger partial charge in [0.05, 0.1) is 17.9 Å². The summed E-state index contributed by atoms with van der Waals surface area (Å²) in [5.74, 6) is 0.0190. The van der Waals surface area contributed by atoms with E-state index >= 15 is 0 Å². The van der Waals surface area contributed by atoms with Crippen molar-refractivity contribution in [1.29, 1.82) is 0 Å². The van der Waals surface area contributed by atoms with Crippen LogP contribution in [0.4, 0.5) is 0 Å². The second-order valence-electron chi connectivity index (χ2n) is 3.73. The van der Waals surface area contributed by atoms with Crippen LogP contribution in [-0.4, -0.2) is 17.6 Å². The van der Waals surface area contributed by atoms with E-state index in [0.717, 1.165) is 0 Å². The number of nitrogens with two attached hydrogens (primary N) is 1. The van der Waals surface area contributed by atoms with Gasteiger partial charge in [-0.05, 0) is 18.1 Å². The summed E-state index contributed by atoms with van der Waals surface area (Å²) in [5.41, 5.74) is 6.62. The molecule has 0 saturated carbocycles. The van der Waals surface area contributed by atoms with Crippen molar-refractivity contribution in [3.05, 3.63) is 29.6 Å². The van der Waals surface area contributed by atoms with E-state index in [4.69, 9.17) is 10.5 Å². The third kappa shape index (κ3) is 3.67. The topological polar surface area (TPSA) is 65.2 Å². The fourth-order valence-corrected chi connectivity index (χ4v) is 1.04. The van der Waals surface area contributed by atoms with Gasteiger partial charge in [-0.2, -0.15) is 0 Å². The zero-order valence-electron chi connectivity index (χ0n) is 9.06.